The van der Waals surface area contributed by atoms with Crippen molar-refractivity contribution in [1.82, 2.24) is 0 Å². The number of Topliss-reactive ketones (excluding diaryl/α,β-unsaturated/α-hetero) is 1. The molecule has 0 aromatic rings. The van der Waals surface area contributed by atoms with E-state index in [1.165, 1.54) is 31.3 Å². The molecular formula is C27H34I4O3. The minimum atomic E-state index is -0.666. The van der Waals surface area contributed by atoms with E-state index >= 15 is 0 Å². The van der Waals surface area contributed by atoms with Crippen LogP contribution in [0.15, 0.2) is 23.5 Å². The van der Waals surface area contributed by atoms with Gasteiger partial charge >= 0.3 is 0 Å². The molecule has 0 saturated heterocycles. The van der Waals surface area contributed by atoms with Crippen molar-refractivity contribution in [2.45, 2.75) is 82.9 Å². The molecular weight excluding hydrogens is 880 g/mol. The fourth-order valence-electron chi connectivity index (χ4n) is 9.28. The molecule has 188 valence electrons. The summed E-state index contributed by atoms with van der Waals surface area (Å²) in [4.78, 5) is 27.4. The van der Waals surface area contributed by atoms with Crippen molar-refractivity contribution in [2.24, 2.45) is 34.0 Å². The first-order valence-electron chi connectivity index (χ1n) is 12.5. The predicted octanol–water partition coefficient (Wildman–Crippen LogP) is 8.14. The summed E-state index contributed by atoms with van der Waals surface area (Å²) in [5.74, 6) is 0.837. The molecule has 3 fully saturated rings. The third kappa shape index (κ3) is 3.01. The van der Waals surface area contributed by atoms with E-state index < -0.39 is 12.3 Å². The number of halogens is 4. The molecule has 0 radical (unpaired) electrons. The molecule has 3 saturated carbocycles. The number of rotatable bonds is 1. The van der Waals surface area contributed by atoms with Gasteiger partial charge in [0, 0.05) is 9.84 Å². The second-order valence-electron chi connectivity index (χ2n) is 12.4. The summed E-state index contributed by atoms with van der Waals surface area (Å²) in [6.45, 7) is 8.95. The quantitative estimate of drug-likeness (QED) is 0.214. The van der Waals surface area contributed by atoms with Gasteiger partial charge in [0.05, 0.1) is 6.84 Å². The zero-order valence-corrected chi connectivity index (χ0v) is 28.9. The first kappa shape index (κ1) is 27.1. The van der Waals surface area contributed by atoms with Crippen LogP contribution in [0.2, 0.25) is 0 Å². The molecule has 9 unspecified atom stereocenters. The Labute approximate surface area is 258 Å². The smallest absolute Gasteiger partial charge is 0.212 e. The minimum Gasteiger partial charge on any atom is -0.505 e. The third-order valence-corrected chi connectivity index (χ3v) is 19.9. The lowest BCUT2D eigenvalue weighted by molar-refractivity contribution is -0.130. The molecule has 0 aromatic heterocycles. The normalized spacial score (nSPS) is 54.8. The molecule has 0 amide bonds. The topological polar surface area (TPSA) is 54.4 Å². The van der Waals surface area contributed by atoms with E-state index in [0.717, 1.165) is 23.7 Å². The highest BCUT2D eigenvalue weighted by molar-refractivity contribution is 14.1. The Morgan fingerprint density at radius 1 is 1.00 bits per heavy atom. The Morgan fingerprint density at radius 3 is 2.29 bits per heavy atom. The Bertz CT molecular complexity index is 1030. The molecule has 0 aliphatic heterocycles. The number of hydrogen-bond donors (Lipinski definition) is 1. The second kappa shape index (κ2) is 8.27. The van der Waals surface area contributed by atoms with Gasteiger partial charge in [-0.25, -0.2) is 0 Å². The highest BCUT2D eigenvalue weighted by Gasteiger charge is 2.75. The van der Waals surface area contributed by atoms with E-state index in [4.69, 9.17) is 0 Å². The maximum Gasteiger partial charge on any atom is 0.212 e. The van der Waals surface area contributed by atoms with Crippen LogP contribution >= 0.6 is 90.4 Å². The van der Waals surface area contributed by atoms with E-state index in [1.54, 1.807) is 6.08 Å². The zero-order chi connectivity index (χ0) is 25.1. The van der Waals surface area contributed by atoms with Gasteiger partial charge in [0.25, 0.3) is 0 Å². The van der Waals surface area contributed by atoms with Crippen LogP contribution in [0.4, 0.5) is 0 Å². The molecule has 1 N–H and O–H groups in total. The highest BCUT2D eigenvalue weighted by atomic mass is 127. The van der Waals surface area contributed by atoms with Crippen LogP contribution in [0, 0.1) is 34.0 Å². The first-order chi connectivity index (χ1) is 15.7. The van der Waals surface area contributed by atoms with Crippen molar-refractivity contribution in [3.8, 4) is 0 Å². The molecule has 0 bridgehead atoms. The number of allylic oxidation sites excluding steroid dienone is 4. The summed E-state index contributed by atoms with van der Waals surface area (Å²) in [6.07, 6.45) is 11.7. The molecule has 34 heavy (non-hydrogen) atoms. The molecule has 9 atom stereocenters. The predicted molar refractivity (Wildman–Crippen MR) is 171 cm³/mol. The minimum absolute atomic E-state index is 0.0706. The lowest BCUT2D eigenvalue weighted by atomic mass is 9.39. The summed E-state index contributed by atoms with van der Waals surface area (Å²) in [5, 5.41) is 10.7. The molecule has 0 spiro atoms. The number of carbonyl (C=O) groups is 2. The van der Waals surface area contributed by atoms with E-state index in [0.29, 0.717) is 5.92 Å². The lowest BCUT2D eigenvalue weighted by Crippen LogP contribution is -2.74. The monoisotopic (exact) mass is 914 g/mol. The molecule has 0 heterocycles. The van der Waals surface area contributed by atoms with Gasteiger partial charge in [-0.2, -0.15) is 0 Å². The number of carbonyl (C=O) groups excluding carboxylic acids is 2. The van der Waals surface area contributed by atoms with Gasteiger partial charge in [-0.05, 0) is 86.2 Å². The van der Waals surface area contributed by atoms with Gasteiger partial charge in [-0.15, -0.1) is 0 Å². The van der Waals surface area contributed by atoms with Gasteiger partial charge in [0.2, 0.25) is 5.78 Å². The van der Waals surface area contributed by atoms with Crippen molar-refractivity contribution in [3.05, 3.63) is 23.5 Å². The molecule has 3 nitrogen and oxygen atoms in total. The van der Waals surface area contributed by atoms with Crippen molar-refractivity contribution >= 4 is 102 Å². The first-order valence-corrected chi connectivity index (χ1v) is 17.3. The molecule has 5 aliphatic carbocycles. The highest BCUT2D eigenvalue weighted by Crippen LogP contribution is 2.76. The van der Waals surface area contributed by atoms with Crippen molar-refractivity contribution in [1.29, 1.82) is 0 Å². The van der Waals surface area contributed by atoms with Crippen molar-refractivity contribution < 1.29 is 14.7 Å². The van der Waals surface area contributed by atoms with E-state index in [2.05, 4.69) is 111 Å². The number of fused-ring (bicyclic) bond motifs is 7. The zero-order valence-electron chi connectivity index (χ0n) is 20.3. The number of hydrogen-bond acceptors (Lipinski definition) is 3. The number of ketones is 2. The molecule has 5 rings (SSSR count). The number of aliphatic hydroxyl groups excluding tert-OH is 1. The van der Waals surface area contributed by atoms with Crippen molar-refractivity contribution in [3.63, 3.8) is 0 Å². The third-order valence-electron chi connectivity index (χ3n) is 11.0. The fourth-order valence-corrected chi connectivity index (χ4v) is 16.6. The Balaban J connectivity index is 1.73. The standard InChI is InChI=1S/C27H34I4O3/c1-15-6-5-9-25(14-28)11-8-18-22(2)10-7-17-23(3,13-16(32)21(34)24(17,4)29)19(22)12-20(33)26(18,30)27(15,25)31/h12-13,15,17-18,32H,5-11,14H2,1-4H3. The summed E-state index contributed by atoms with van der Waals surface area (Å²) in [5.41, 5.74) is 0.781. The van der Waals surface area contributed by atoms with Crippen LogP contribution in [0.3, 0.4) is 0 Å². The summed E-state index contributed by atoms with van der Waals surface area (Å²) in [7, 11) is 0. The van der Waals surface area contributed by atoms with Gasteiger partial charge in [-0.1, -0.05) is 123 Å². The van der Waals surface area contributed by atoms with Crippen LogP contribution in [0.5, 0.6) is 0 Å². The van der Waals surface area contributed by atoms with Crippen LogP contribution < -0.4 is 0 Å². The lowest BCUT2D eigenvalue weighted by Gasteiger charge is -2.70. The van der Waals surface area contributed by atoms with Crippen LogP contribution in [0.1, 0.15) is 72.6 Å². The largest absolute Gasteiger partial charge is 0.505 e. The van der Waals surface area contributed by atoms with Gasteiger partial charge in [0.1, 0.15) is 3.42 Å². The maximum absolute atomic E-state index is 14.5. The number of alkyl halides is 4. The van der Waals surface area contributed by atoms with Crippen LogP contribution in [0.25, 0.3) is 0 Å². The second-order valence-corrected chi connectivity index (χ2v) is 18.8. The van der Waals surface area contributed by atoms with E-state index in [9.17, 15) is 14.7 Å². The molecule has 7 heteroatoms. The SMILES string of the molecule is CC1CCCC2(CI)CCC3C4(C)CCC5C(C)(I)C(=O)C(O)=CC5(C)C4=CC(=O)C3(I)C12I. The average molecular weight is 914 g/mol. The average Bonchev–Trinajstić information content (AvgIpc) is 2.76. The molecule has 5 aliphatic rings. The van der Waals surface area contributed by atoms with Crippen LogP contribution in [-0.4, -0.2) is 31.4 Å². The van der Waals surface area contributed by atoms with Gasteiger partial charge in [0.15, 0.2) is 11.5 Å². The Kier molecular flexibility index (Phi) is 6.60. The van der Waals surface area contributed by atoms with Crippen LogP contribution in [-0.2, 0) is 9.59 Å². The van der Waals surface area contributed by atoms with Gasteiger partial charge in [-0.3, -0.25) is 9.59 Å². The summed E-state index contributed by atoms with van der Waals surface area (Å²) in [6, 6.07) is 0. The Hall–Kier alpha value is 1.54. The maximum atomic E-state index is 14.5. The number of aliphatic hydroxyl groups is 1. The molecule has 0 aromatic carbocycles. The Morgan fingerprint density at radius 2 is 1.65 bits per heavy atom. The van der Waals surface area contributed by atoms with E-state index in [-0.39, 0.29) is 43.4 Å². The summed E-state index contributed by atoms with van der Waals surface area (Å²) >= 11 is 10.3. The fraction of sp³-hybridized carbons (Fsp3) is 0.778. The van der Waals surface area contributed by atoms with E-state index in [1.807, 2.05) is 13.0 Å². The van der Waals surface area contributed by atoms with Crippen molar-refractivity contribution in [2.75, 3.05) is 4.43 Å². The summed E-state index contributed by atoms with van der Waals surface area (Å²) < 4.78 is -0.0543. The van der Waals surface area contributed by atoms with Gasteiger partial charge < -0.3 is 5.11 Å².